The van der Waals surface area contributed by atoms with Crippen LogP contribution in [0.5, 0.6) is 0 Å². The van der Waals surface area contributed by atoms with E-state index in [4.69, 9.17) is 0 Å². The van der Waals surface area contributed by atoms with Crippen molar-refractivity contribution in [3.8, 4) is 0 Å². The molecule has 2 rings (SSSR count). The van der Waals surface area contributed by atoms with Crippen LogP contribution in [0.2, 0.25) is 0 Å². The minimum Gasteiger partial charge on any atom is -0.314 e. The minimum absolute atomic E-state index is 0.0949. The van der Waals surface area contributed by atoms with E-state index < -0.39 is 10.0 Å². The molecule has 0 amide bonds. The van der Waals surface area contributed by atoms with Crippen molar-refractivity contribution in [1.29, 1.82) is 0 Å². The summed E-state index contributed by atoms with van der Waals surface area (Å²) in [6, 6.07) is 5.54. The Labute approximate surface area is 127 Å². The summed E-state index contributed by atoms with van der Waals surface area (Å²) in [5.41, 5.74) is 0.809. The predicted octanol–water partition coefficient (Wildman–Crippen LogP) is -0.161. The second-order valence-corrected chi connectivity index (χ2v) is 7.16. The molecular weight excluding hydrogens is 288 g/mol. The lowest BCUT2D eigenvalue weighted by Crippen LogP contribution is -2.44. The molecule has 2 heterocycles. The first-order chi connectivity index (χ1) is 10.2. The summed E-state index contributed by atoms with van der Waals surface area (Å²) >= 11 is 0. The molecule has 21 heavy (non-hydrogen) atoms. The summed E-state index contributed by atoms with van der Waals surface area (Å²) < 4.78 is 26.5. The Morgan fingerprint density at radius 2 is 2.10 bits per heavy atom. The number of nitrogens with zero attached hydrogens (tertiary/aromatic N) is 2. The van der Waals surface area contributed by atoms with Gasteiger partial charge in [-0.15, -0.1) is 0 Å². The third kappa shape index (κ3) is 6.52. The Bertz CT molecular complexity index is 501. The van der Waals surface area contributed by atoms with Gasteiger partial charge < -0.3 is 10.2 Å². The van der Waals surface area contributed by atoms with Crippen LogP contribution < -0.4 is 10.0 Å². The Hall–Kier alpha value is -1.02. The molecule has 0 aliphatic carbocycles. The maximum absolute atomic E-state index is 11.9. The highest BCUT2D eigenvalue weighted by atomic mass is 32.2. The highest BCUT2D eigenvalue weighted by Gasteiger charge is 2.12. The zero-order valence-corrected chi connectivity index (χ0v) is 13.1. The number of aromatic nitrogens is 1. The number of pyridine rings is 1. The number of rotatable bonds is 8. The summed E-state index contributed by atoms with van der Waals surface area (Å²) in [6.07, 6.45) is 2.99. The van der Waals surface area contributed by atoms with Crippen LogP contribution in [0.3, 0.4) is 0 Å². The lowest BCUT2D eigenvalue weighted by atomic mass is 10.3. The van der Waals surface area contributed by atoms with Gasteiger partial charge in [-0.3, -0.25) is 4.98 Å². The van der Waals surface area contributed by atoms with Crippen molar-refractivity contribution < 1.29 is 8.42 Å². The highest BCUT2D eigenvalue weighted by Crippen LogP contribution is 1.98. The maximum Gasteiger partial charge on any atom is 0.211 e. The van der Waals surface area contributed by atoms with E-state index in [1.165, 1.54) is 0 Å². The number of aryl methyl sites for hydroxylation is 1. The molecule has 0 saturated carbocycles. The highest BCUT2D eigenvalue weighted by molar-refractivity contribution is 7.89. The topological polar surface area (TPSA) is 74.3 Å². The molecule has 0 spiro atoms. The zero-order valence-electron chi connectivity index (χ0n) is 12.3. The zero-order chi connectivity index (χ0) is 15.0. The Kier molecular flexibility index (Phi) is 6.56. The summed E-state index contributed by atoms with van der Waals surface area (Å²) in [4.78, 5) is 6.49. The van der Waals surface area contributed by atoms with Crippen LogP contribution in [0, 0.1) is 0 Å². The van der Waals surface area contributed by atoms with E-state index in [9.17, 15) is 8.42 Å². The lowest BCUT2D eigenvalue weighted by Gasteiger charge is -2.27. The Morgan fingerprint density at radius 3 is 2.81 bits per heavy atom. The molecule has 1 saturated heterocycles. The van der Waals surface area contributed by atoms with Crippen molar-refractivity contribution in [2.45, 2.75) is 12.8 Å². The van der Waals surface area contributed by atoms with Gasteiger partial charge >= 0.3 is 0 Å². The molecule has 0 aromatic carbocycles. The van der Waals surface area contributed by atoms with Gasteiger partial charge in [0.25, 0.3) is 0 Å². The Balaban J connectivity index is 1.62. The van der Waals surface area contributed by atoms with E-state index in [2.05, 4.69) is 19.9 Å². The Morgan fingerprint density at radius 1 is 1.29 bits per heavy atom. The van der Waals surface area contributed by atoms with Crippen molar-refractivity contribution in [3.05, 3.63) is 30.1 Å². The molecule has 0 radical (unpaired) electrons. The molecule has 6 nitrogen and oxygen atoms in total. The fourth-order valence-corrected chi connectivity index (χ4v) is 3.40. The molecule has 1 fully saturated rings. The van der Waals surface area contributed by atoms with Gasteiger partial charge in [-0.05, 0) is 25.1 Å². The average Bonchev–Trinajstić information content (AvgIpc) is 2.52. The first-order valence-electron chi connectivity index (χ1n) is 7.46. The van der Waals surface area contributed by atoms with Crippen LogP contribution in [-0.4, -0.2) is 63.3 Å². The molecule has 2 N–H and O–H groups in total. The molecule has 0 atom stereocenters. The van der Waals surface area contributed by atoms with E-state index in [0.717, 1.165) is 44.8 Å². The molecule has 7 heteroatoms. The quantitative estimate of drug-likeness (QED) is 0.653. The van der Waals surface area contributed by atoms with Crippen molar-refractivity contribution in [1.82, 2.24) is 19.9 Å². The molecule has 0 bridgehead atoms. The van der Waals surface area contributed by atoms with Crippen LogP contribution in [0.4, 0.5) is 0 Å². The fourth-order valence-electron chi connectivity index (χ4n) is 2.32. The first-order valence-corrected chi connectivity index (χ1v) is 9.11. The number of hydrogen-bond acceptors (Lipinski definition) is 5. The molecule has 1 aliphatic heterocycles. The third-order valence-electron chi connectivity index (χ3n) is 3.54. The predicted molar refractivity (Wildman–Crippen MR) is 83.7 cm³/mol. The molecular formula is C14H24N4O2S. The van der Waals surface area contributed by atoms with Gasteiger partial charge in [-0.25, -0.2) is 13.1 Å². The van der Waals surface area contributed by atoms with Crippen LogP contribution in [-0.2, 0) is 16.4 Å². The molecule has 1 aromatic rings. The molecule has 1 aliphatic rings. The van der Waals surface area contributed by atoms with Crippen molar-refractivity contribution in [3.63, 3.8) is 0 Å². The number of nitrogens with one attached hydrogen (secondary N) is 2. The van der Waals surface area contributed by atoms with Gasteiger partial charge in [-0.1, -0.05) is 6.07 Å². The monoisotopic (exact) mass is 312 g/mol. The maximum atomic E-state index is 11.9. The number of hydrogen-bond donors (Lipinski definition) is 2. The van der Waals surface area contributed by atoms with Gasteiger partial charge in [0.2, 0.25) is 10.0 Å². The van der Waals surface area contributed by atoms with Crippen molar-refractivity contribution in [2.24, 2.45) is 0 Å². The number of sulfonamides is 1. The summed E-state index contributed by atoms with van der Waals surface area (Å²) in [5.74, 6) is 0.0949. The lowest BCUT2D eigenvalue weighted by molar-refractivity contribution is 0.239. The number of piperazine rings is 1. The average molecular weight is 312 g/mol. The largest absolute Gasteiger partial charge is 0.314 e. The van der Waals surface area contributed by atoms with Crippen LogP contribution in [0.1, 0.15) is 12.1 Å². The van der Waals surface area contributed by atoms with Crippen molar-refractivity contribution in [2.75, 3.05) is 45.0 Å². The smallest absolute Gasteiger partial charge is 0.211 e. The SMILES string of the molecule is O=S(=O)(CCc1ccccn1)NCCCN1CCNCC1. The summed E-state index contributed by atoms with van der Waals surface area (Å²) in [5, 5.41) is 3.30. The van der Waals surface area contributed by atoms with Crippen LogP contribution in [0.15, 0.2) is 24.4 Å². The van der Waals surface area contributed by atoms with Gasteiger partial charge in [0.15, 0.2) is 0 Å². The third-order valence-corrected chi connectivity index (χ3v) is 4.92. The normalized spacial score (nSPS) is 17.0. The van der Waals surface area contributed by atoms with Gasteiger partial charge in [0, 0.05) is 51.0 Å². The minimum atomic E-state index is -3.20. The molecule has 1 aromatic heterocycles. The molecule has 118 valence electrons. The first kappa shape index (κ1) is 16.4. The summed E-state index contributed by atoms with van der Waals surface area (Å²) in [7, 11) is -3.20. The van der Waals surface area contributed by atoms with E-state index in [1.54, 1.807) is 6.20 Å². The van der Waals surface area contributed by atoms with Gasteiger partial charge in [0.05, 0.1) is 5.75 Å². The summed E-state index contributed by atoms with van der Waals surface area (Å²) in [6.45, 7) is 5.60. The molecule has 0 unspecified atom stereocenters. The van der Waals surface area contributed by atoms with E-state index >= 15 is 0 Å². The van der Waals surface area contributed by atoms with E-state index in [-0.39, 0.29) is 5.75 Å². The fraction of sp³-hybridized carbons (Fsp3) is 0.643. The second kappa shape index (κ2) is 8.43. The van der Waals surface area contributed by atoms with Gasteiger partial charge in [0.1, 0.15) is 0 Å². The second-order valence-electron chi connectivity index (χ2n) is 5.23. The van der Waals surface area contributed by atoms with E-state index in [1.807, 2.05) is 18.2 Å². The van der Waals surface area contributed by atoms with Crippen molar-refractivity contribution >= 4 is 10.0 Å². The van der Waals surface area contributed by atoms with E-state index in [0.29, 0.717) is 13.0 Å². The van der Waals surface area contributed by atoms with Gasteiger partial charge in [-0.2, -0.15) is 0 Å². The van der Waals surface area contributed by atoms with Crippen LogP contribution in [0.25, 0.3) is 0 Å². The van der Waals surface area contributed by atoms with Crippen LogP contribution >= 0.6 is 0 Å². The standard InChI is InChI=1S/C14H24N4O2S/c19-21(20,13-5-14-4-1-2-6-16-14)17-7-3-10-18-11-8-15-9-12-18/h1-2,4,6,15,17H,3,5,7-13H2.